The number of nitrogens with one attached hydrogen (secondary N) is 1. The maximum atomic E-state index is 13.6. The lowest BCUT2D eigenvalue weighted by atomic mass is 10.0. The van der Waals surface area contributed by atoms with E-state index in [1.807, 2.05) is 27.2 Å². The van der Waals surface area contributed by atoms with Gasteiger partial charge in [0, 0.05) is 12.8 Å². The highest BCUT2D eigenvalue weighted by Crippen LogP contribution is 2.43. The van der Waals surface area contributed by atoms with E-state index >= 15 is 0 Å². The number of likely N-dealkylation sites (N-methyl/N-ethyl adjacent to an activating group) is 1. The summed E-state index contributed by atoms with van der Waals surface area (Å²) in [6.45, 7) is 7.06. The quantitative estimate of drug-likeness (QED) is 0.0205. The van der Waals surface area contributed by atoms with E-state index in [2.05, 4.69) is 56.5 Å². The first-order valence-corrected chi connectivity index (χ1v) is 38.3. The standard InChI is InChI=1S/C74H143N2O7P/c1-7-10-13-16-19-22-25-28-30-32-34-35-36-37-38-39-40-41-43-45-47-49-52-55-58-61-64-67-74(78)83-72(65-62-59-56-53-50-27-24-21-18-15-12-9-3)71(70-82-84(79,80)81-69-68-76(4,5)6)75-73(77)66-63-60-57-54-51-48-46-44-42-33-31-29-26-23-20-17-14-11-8-2/h19,22,28,30,62,65,71-72H,7-18,20-21,23-27,29,31-61,63-64,66-70H2,1-6H3,(H-,75,77,79,80)/p+1/b22-19-,30-28-,65-62+. The molecular formula is C74H144N2O7P+. The topological polar surface area (TPSA) is 111 Å². The Morgan fingerprint density at radius 1 is 0.417 bits per heavy atom. The number of amides is 1. The van der Waals surface area contributed by atoms with E-state index < -0.39 is 20.0 Å². The number of allylic oxidation sites excluding steroid dienone is 5. The van der Waals surface area contributed by atoms with Crippen molar-refractivity contribution in [2.45, 2.75) is 386 Å². The van der Waals surface area contributed by atoms with E-state index in [0.717, 1.165) is 64.2 Å². The maximum absolute atomic E-state index is 13.6. The lowest BCUT2D eigenvalue weighted by Crippen LogP contribution is -2.47. The number of carbonyl (C=O) groups is 2. The highest BCUT2D eigenvalue weighted by molar-refractivity contribution is 7.47. The Morgan fingerprint density at radius 3 is 1.10 bits per heavy atom. The monoisotopic (exact) mass is 1200 g/mol. The Labute approximate surface area is 523 Å². The summed E-state index contributed by atoms with van der Waals surface area (Å²) in [4.78, 5) is 37.9. The Balaban J connectivity index is 4.96. The molecule has 10 heteroatoms. The fourth-order valence-electron chi connectivity index (χ4n) is 11.2. The molecular weight excluding hydrogens is 1060 g/mol. The van der Waals surface area contributed by atoms with Gasteiger partial charge in [-0.2, -0.15) is 0 Å². The summed E-state index contributed by atoms with van der Waals surface area (Å²) in [5.41, 5.74) is 0. The zero-order chi connectivity index (χ0) is 61.4. The van der Waals surface area contributed by atoms with Crippen molar-refractivity contribution in [3.63, 3.8) is 0 Å². The van der Waals surface area contributed by atoms with Crippen LogP contribution in [0.1, 0.15) is 374 Å². The first-order valence-electron chi connectivity index (χ1n) is 36.8. The number of phosphoric acid groups is 1. The number of unbranched alkanes of at least 4 members (excludes halogenated alkanes) is 48. The van der Waals surface area contributed by atoms with Crippen molar-refractivity contribution in [1.29, 1.82) is 0 Å². The van der Waals surface area contributed by atoms with Gasteiger partial charge in [-0.1, -0.05) is 334 Å². The van der Waals surface area contributed by atoms with Crippen LogP contribution in [0.15, 0.2) is 36.5 Å². The molecule has 0 rings (SSSR count). The van der Waals surface area contributed by atoms with Crippen LogP contribution in [0.25, 0.3) is 0 Å². The van der Waals surface area contributed by atoms with Gasteiger partial charge in [0.1, 0.15) is 19.3 Å². The predicted octanol–water partition coefficient (Wildman–Crippen LogP) is 23.4. The number of nitrogens with zero attached hydrogens (tertiary/aromatic N) is 1. The van der Waals surface area contributed by atoms with Gasteiger partial charge in [0.25, 0.3) is 0 Å². The van der Waals surface area contributed by atoms with Gasteiger partial charge in [0.05, 0.1) is 33.8 Å². The van der Waals surface area contributed by atoms with E-state index in [1.165, 1.54) is 276 Å². The number of ether oxygens (including phenoxy) is 1. The molecule has 84 heavy (non-hydrogen) atoms. The molecule has 0 spiro atoms. The molecule has 496 valence electrons. The Bertz CT molecular complexity index is 1530. The number of carbonyl (C=O) groups excluding carboxylic acids is 2. The van der Waals surface area contributed by atoms with Crippen molar-refractivity contribution in [2.24, 2.45) is 0 Å². The predicted molar refractivity (Wildman–Crippen MR) is 365 cm³/mol. The SMILES string of the molecule is CCCCC/C=C\C/C=C\CCCCCCCCCCCCCCCCCCCC(=O)OC(/C=C/CCCCCCCCCCCC)C(COP(=O)(O)OCC[N+](C)(C)C)NC(=O)CCCCCCCCCCCCCCCCCCCCC. The molecule has 0 heterocycles. The second kappa shape index (κ2) is 64.2. The highest BCUT2D eigenvalue weighted by Gasteiger charge is 2.30. The largest absolute Gasteiger partial charge is 0.472 e. The van der Waals surface area contributed by atoms with Crippen LogP contribution < -0.4 is 5.32 Å². The third-order valence-electron chi connectivity index (χ3n) is 16.8. The number of rotatable bonds is 68. The zero-order valence-electron chi connectivity index (χ0n) is 56.9. The van der Waals surface area contributed by atoms with Crippen molar-refractivity contribution in [3.8, 4) is 0 Å². The molecule has 9 nitrogen and oxygen atoms in total. The average molecular weight is 1200 g/mol. The van der Waals surface area contributed by atoms with Gasteiger partial charge >= 0.3 is 13.8 Å². The third kappa shape index (κ3) is 64.7. The smallest absolute Gasteiger partial charge is 0.456 e. The molecule has 0 saturated heterocycles. The lowest BCUT2D eigenvalue weighted by molar-refractivity contribution is -0.870. The van der Waals surface area contributed by atoms with Crippen LogP contribution >= 0.6 is 7.82 Å². The molecule has 0 aliphatic rings. The summed E-state index contributed by atoms with van der Waals surface area (Å²) in [5, 5.41) is 3.08. The van der Waals surface area contributed by atoms with Crippen LogP contribution in [0.2, 0.25) is 0 Å². The van der Waals surface area contributed by atoms with Gasteiger partial charge in [0.15, 0.2) is 0 Å². The summed E-state index contributed by atoms with van der Waals surface area (Å²) in [6.07, 6.45) is 80.2. The third-order valence-corrected chi connectivity index (χ3v) is 17.8. The van der Waals surface area contributed by atoms with E-state index in [0.29, 0.717) is 23.9 Å². The van der Waals surface area contributed by atoms with Crippen LogP contribution in [-0.2, 0) is 27.9 Å². The first-order chi connectivity index (χ1) is 40.9. The second-order valence-corrected chi connectivity index (χ2v) is 27.9. The van der Waals surface area contributed by atoms with Crippen LogP contribution in [-0.4, -0.2) is 74.3 Å². The zero-order valence-corrected chi connectivity index (χ0v) is 57.8. The van der Waals surface area contributed by atoms with Crippen LogP contribution in [0.5, 0.6) is 0 Å². The summed E-state index contributed by atoms with van der Waals surface area (Å²) in [7, 11) is 1.52. The van der Waals surface area contributed by atoms with Crippen molar-refractivity contribution >= 4 is 19.7 Å². The van der Waals surface area contributed by atoms with Gasteiger partial charge < -0.3 is 19.4 Å². The number of phosphoric ester groups is 1. The fraction of sp³-hybridized carbons (Fsp3) is 0.892. The molecule has 0 aliphatic heterocycles. The van der Waals surface area contributed by atoms with Crippen molar-refractivity contribution < 1.29 is 37.3 Å². The van der Waals surface area contributed by atoms with E-state index in [9.17, 15) is 19.0 Å². The summed E-state index contributed by atoms with van der Waals surface area (Å²) >= 11 is 0. The van der Waals surface area contributed by atoms with Crippen LogP contribution in [0.4, 0.5) is 0 Å². The summed E-state index contributed by atoms with van der Waals surface area (Å²) in [6, 6.07) is -0.844. The Hall–Kier alpha value is -1.77. The first kappa shape index (κ1) is 82.2. The van der Waals surface area contributed by atoms with Gasteiger partial charge in [-0.15, -0.1) is 0 Å². The Morgan fingerprint density at radius 2 is 0.726 bits per heavy atom. The number of quaternary nitrogens is 1. The molecule has 0 radical (unpaired) electrons. The number of hydrogen-bond acceptors (Lipinski definition) is 6. The van der Waals surface area contributed by atoms with Gasteiger partial charge in [-0.05, 0) is 63.9 Å². The minimum Gasteiger partial charge on any atom is -0.456 e. The molecule has 0 aliphatic carbocycles. The molecule has 0 aromatic heterocycles. The molecule has 2 N–H and O–H groups in total. The van der Waals surface area contributed by atoms with E-state index in [-0.39, 0.29) is 25.1 Å². The minimum absolute atomic E-state index is 0.0441. The molecule has 1 amide bonds. The van der Waals surface area contributed by atoms with E-state index in [4.69, 9.17) is 13.8 Å². The van der Waals surface area contributed by atoms with E-state index in [1.54, 1.807) is 0 Å². The molecule has 0 bridgehead atoms. The fourth-order valence-corrected chi connectivity index (χ4v) is 11.9. The molecule has 0 aromatic rings. The van der Waals surface area contributed by atoms with Crippen molar-refractivity contribution in [3.05, 3.63) is 36.5 Å². The second-order valence-electron chi connectivity index (χ2n) is 26.5. The Kier molecular flexibility index (Phi) is 62.9. The summed E-state index contributed by atoms with van der Waals surface area (Å²) in [5.74, 6) is -0.482. The number of esters is 1. The molecule has 0 aromatic carbocycles. The minimum atomic E-state index is -4.45. The molecule has 3 unspecified atom stereocenters. The van der Waals surface area contributed by atoms with Crippen molar-refractivity contribution in [2.75, 3.05) is 40.9 Å². The molecule has 0 saturated carbocycles. The molecule has 0 fully saturated rings. The van der Waals surface area contributed by atoms with Gasteiger partial charge in [-0.3, -0.25) is 18.6 Å². The number of hydrogen-bond donors (Lipinski definition) is 2. The van der Waals surface area contributed by atoms with Gasteiger partial charge in [0.2, 0.25) is 5.91 Å². The maximum Gasteiger partial charge on any atom is 0.472 e. The van der Waals surface area contributed by atoms with Crippen LogP contribution in [0.3, 0.4) is 0 Å². The lowest BCUT2D eigenvalue weighted by Gasteiger charge is -2.27. The van der Waals surface area contributed by atoms with Gasteiger partial charge in [-0.25, -0.2) is 4.57 Å². The van der Waals surface area contributed by atoms with Crippen molar-refractivity contribution in [1.82, 2.24) is 5.32 Å². The highest BCUT2D eigenvalue weighted by atomic mass is 31.2. The summed E-state index contributed by atoms with van der Waals surface area (Å²) < 4.78 is 30.9. The van der Waals surface area contributed by atoms with Crippen LogP contribution in [0, 0.1) is 0 Å². The molecule has 3 atom stereocenters. The average Bonchev–Trinajstić information content (AvgIpc) is 3.65. The normalized spacial score (nSPS) is 13.7.